The van der Waals surface area contributed by atoms with Crippen molar-refractivity contribution in [3.63, 3.8) is 0 Å². The van der Waals surface area contributed by atoms with E-state index in [0.717, 1.165) is 11.3 Å². The van der Waals surface area contributed by atoms with Gasteiger partial charge in [-0.1, -0.05) is 6.92 Å². The third-order valence-electron chi connectivity index (χ3n) is 3.87. The lowest BCUT2D eigenvalue weighted by molar-refractivity contribution is -0.116. The van der Waals surface area contributed by atoms with Crippen molar-refractivity contribution >= 4 is 33.1 Å². The Kier molecular flexibility index (Phi) is 5.22. The lowest BCUT2D eigenvalue weighted by Gasteiger charge is -2.10. The summed E-state index contributed by atoms with van der Waals surface area (Å²) in [6, 6.07) is 6.91. The van der Waals surface area contributed by atoms with Gasteiger partial charge in [-0.15, -0.1) is 11.3 Å². The lowest BCUT2D eigenvalue weighted by Crippen LogP contribution is -2.27. The average Bonchev–Trinajstić information content (AvgIpc) is 3.08. The van der Waals surface area contributed by atoms with Crippen LogP contribution in [0.15, 0.2) is 35.4 Å². The molecule has 0 aliphatic carbocycles. The molecule has 0 fully saturated rings. The van der Waals surface area contributed by atoms with Gasteiger partial charge in [-0.25, -0.2) is 4.98 Å². The smallest absolute Gasteiger partial charge is 0.262 e. The molecule has 0 saturated carbocycles. The number of nitrogens with one attached hydrogen (secondary N) is 1. The van der Waals surface area contributed by atoms with E-state index in [1.54, 1.807) is 18.2 Å². The number of aromatic nitrogens is 2. The van der Waals surface area contributed by atoms with Gasteiger partial charge in [0.05, 0.1) is 25.9 Å². The Morgan fingerprint density at radius 1 is 1.19 bits per heavy atom. The number of benzene rings is 1. The molecule has 136 valence electrons. The quantitative estimate of drug-likeness (QED) is 0.718. The molecule has 0 bridgehead atoms. The van der Waals surface area contributed by atoms with E-state index in [0.29, 0.717) is 27.4 Å². The topological polar surface area (TPSA) is 82.5 Å². The molecule has 2 aromatic heterocycles. The van der Waals surface area contributed by atoms with Crippen LogP contribution in [0.3, 0.4) is 0 Å². The first-order valence-corrected chi connectivity index (χ1v) is 8.86. The van der Waals surface area contributed by atoms with Crippen LogP contribution in [0.5, 0.6) is 11.5 Å². The van der Waals surface area contributed by atoms with E-state index in [-0.39, 0.29) is 18.0 Å². The highest BCUT2D eigenvalue weighted by Crippen LogP contribution is 2.25. The van der Waals surface area contributed by atoms with E-state index in [1.807, 2.05) is 13.0 Å². The van der Waals surface area contributed by atoms with Crippen LogP contribution in [0.4, 0.5) is 5.69 Å². The second-order valence-electron chi connectivity index (χ2n) is 5.61. The van der Waals surface area contributed by atoms with Crippen molar-refractivity contribution in [3.05, 3.63) is 45.8 Å². The van der Waals surface area contributed by atoms with Gasteiger partial charge in [0.25, 0.3) is 5.56 Å². The highest BCUT2D eigenvalue weighted by atomic mass is 32.1. The molecule has 0 atom stereocenters. The summed E-state index contributed by atoms with van der Waals surface area (Å²) in [5.74, 6) is 0.782. The molecule has 2 heterocycles. The number of carbonyl (C=O) groups excluding carboxylic acids is 1. The van der Waals surface area contributed by atoms with Crippen LogP contribution in [0.2, 0.25) is 0 Å². The number of methoxy groups -OCH3 is 2. The Morgan fingerprint density at radius 3 is 2.50 bits per heavy atom. The molecule has 0 saturated heterocycles. The maximum atomic E-state index is 12.6. The Morgan fingerprint density at radius 2 is 1.88 bits per heavy atom. The number of hydrogen-bond donors (Lipinski definition) is 1. The van der Waals surface area contributed by atoms with Crippen LogP contribution in [0.25, 0.3) is 10.2 Å². The molecule has 8 heteroatoms. The molecule has 0 aliphatic rings. The number of fused-ring (bicyclic) bond motifs is 1. The summed E-state index contributed by atoms with van der Waals surface area (Å²) >= 11 is 1.50. The number of nitrogens with zero attached hydrogens (tertiary/aromatic N) is 2. The predicted molar refractivity (Wildman–Crippen MR) is 101 cm³/mol. The fourth-order valence-electron chi connectivity index (χ4n) is 2.53. The van der Waals surface area contributed by atoms with E-state index >= 15 is 0 Å². The average molecular weight is 373 g/mol. The van der Waals surface area contributed by atoms with Crippen LogP contribution < -0.4 is 20.3 Å². The summed E-state index contributed by atoms with van der Waals surface area (Å²) in [5.41, 5.74) is 0.307. The van der Waals surface area contributed by atoms with Crippen molar-refractivity contribution in [2.24, 2.45) is 0 Å². The Balaban J connectivity index is 1.81. The van der Waals surface area contributed by atoms with E-state index in [4.69, 9.17) is 9.47 Å². The van der Waals surface area contributed by atoms with E-state index in [2.05, 4.69) is 10.3 Å². The Labute approximate surface area is 154 Å². The SMILES string of the molecule is CCc1cc2c(=O)n(CC(=O)Nc3cc(OC)cc(OC)c3)cnc2s1. The van der Waals surface area contributed by atoms with Gasteiger partial charge in [0.1, 0.15) is 22.9 Å². The standard InChI is InChI=1S/C18H19N3O4S/c1-4-14-8-15-17(26-14)19-10-21(18(15)23)9-16(22)20-11-5-12(24-2)7-13(6-11)25-3/h5-8,10H,4,9H2,1-3H3,(H,20,22). The van der Waals surface area contributed by atoms with Crippen LogP contribution in [-0.4, -0.2) is 29.7 Å². The third-order valence-corrected chi connectivity index (χ3v) is 5.05. The molecule has 1 aromatic carbocycles. The van der Waals surface area contributed by atoms with Crippen molar-refractivity contribution in [3.8, 4) is 11.5 Å². The predicted octanol–water partition coefficient (Wildman–Crippen LogP) is 2.68. The van der Waals surface area contributed by atoms with Gasteiger partial charge in [-0.3, -0.25) is 14.2 Å². The number of ether oxygens (including phenoxy) is 2. The summed E-state index contributed by atoms with van der Waals surface area (Å²) in [5, 5.41) is 3.29. The number of anilines is 1. The molecule has 0 unspecified atom stereocenters. The van der Waals surface area contributed by atoms with E-state index in [9.17, 15) is 9.59 Å². The van der Waals surface area contributed by atoms with Gasteiger partial charge in [-0.2, -0.15) is 0 Å². The summed E-state index contributed by atoms with van der Waals surface area (Å²) in [7, 11) is 3.07. The fourth-order valence-corrected chi connectivity index (χ4v) is 3.46. The molecule has 0 aliphatic heterocycles. The second kappa shape index (κ2) is 7.57. The third kappa shape index (κ3) is 3.70. The molecular formula is C18H19N3O4S. The highest BCUT2D eigenvalue weighted by molar-refractivity contribution is 7.18. The van der Waals surface area contributed by atoms with E-state index in [1.165, 1.54) is 36.5 Å². The minimum Gasteiger partial charge on any atom is -0.497 e. The first kappa shape index (κ1) is 17.9. The molecule has 0 radical (unpaired) electrons. The number of carbonyl (C=O) groups is 1. The number of thiophene rings is 1. The largest absolute Gasteiger partial charge is 0.497 e. The maximum Gasteiger partial charge on any atom is 0.262 e. The van der Waals surface area contributed by atoms with Gasteiger partial charge >= 0.3 is 0 Å². The lowest BCUT2D eigenvalue weighted by atomic mass is 10.2. The van der Waals surface area contributed by atoms with Crippen LogP contribution in [-0.2, 0) is 17.8 Å². The Hall–Kier alpha value is -2.87. The van der Waals surface area contributed by atoms with Crippen LogP contribution in [0.1, 0.15) is 11.8 Å². The van der Waals surface area contributed by atoms with Crippen LogP contribution in [0, 0.1) is 0 Å². The van der Waals surface area contributed by atoms with Gasteiger partial charge in [0.15, 0.2) is 0 Å². The monoisotopic (exact) mass is 373 g/mol. The van der Waals surface area contributed by atoms with Gasteiger partial charge in [0.2, 0.25) is 5.91 Å². The molecule has 1 N–H and O–H groups in total. The number of hydrogen-bond acceptors (Lipinski definition) is 6. The molecule has 7 nitrogen and oxygen atoms in total. The van der Waals surface area contributed by atoms with Gasteiger partial charge < -0.3 is 14.8 Å². The molecule has 0 spiro atoms. The second-order valence-corrected chi connectivity index (χ2v) is 6.73. The molecule has 26 heavy (non-hydrogen) atoms. The summed E-state index contributed by atoms with van der Waals surface area (Å²) in [6.07, 6.45) is 2.25. The van der Waals surface area contributed by atoms with Crippen LogP contribution >= 0.6 is 11.3 Å². The number of rotatable bonds is 6. The zero-order valence-corrected chi connectivity index (χ0v) is 15.6. The van der Waals surface area contributed by atoms with Crippen molar-refractivity contribution in [1.29, 1.82) is 0 Å². The Bertz CT molecular complexity index is 987. The first-order valence-electron chi connectivity index (χ1n) is 8.04. The van der Waals surface area contributed by atoms with Gasteiger partial charge in [-0.05, 0) is 12.5 Å². The van der Waals surface area contributed by atoms with Gasteiger partial charge in [0, 0.05) is 28.8 Å². The molecule has 1 amide bonds. The minimum atomic E-state index is -0.338. The zero-order chi connectivity index (χ0) is 18.7. The molecule has 3 rings (SSSR count). The summed E-state index contributed by atoms with van der Waals surface area (Å²) < 4.78 is 11.7. The van der Waals surface area contributed by atoms with E-state index < -0.39 is 0 Å². The van der Waals surface area contributed by atoms with Crippen molar-refractivity contribution in [1.82, 2.24) is 9.55 Å². The first-order chi connectivity index (χ1) is 12.5. The summed E-state index contributed by atoms with van der Waals surface area (Å²) in [4.78, 5) is 31.0. The molecule has 3 aromatic rings. The normalized spacial score (nSPS) is 10.7. The van der Waals surface area contributed by atoms with Crippen molar-refractivity contribution in [2.75, 3.05) is 19.5 Å². The maximum absolute atomic E-state index is 12.6. The van der Waals surface area contributed by atoms with Crippen molar-refractivity contribution < 1.29 is 14.3 Å². The molecular weight excluding hydrogens is 354 g/mol. The summed E-state index contributed by atoms with van der Waals surface area (Å²) in [6.45, 7) is 1.90. The van der Waals surface area contributed by atoms with Crippen molar-refractivity contribution in [2.45, 2.75) is 19.9 Å². The number of aryl methyl sites for hydroxylation is 1. The zero-order valence-electron chi connectivity index (χ0n) is 14.7. The number of amides is 1. The minimum absolute atomic E-state index is 0.126. The highest BCUT2D eigenvalue weighted by Gasteiger charge is 2.12. The fraction of sp³-hybridized carbons (Fsp3) is 0.278.